The number of ether oxygens (including phenoxy) is 1. The molecule has 0 atom stereocenters. The highest BCUT2D eigenvalue weighted by Gasteiger charge is 2.30. The molecular formula is C17H22N2O4S. The SMILES string of the molecule is COc1ccc2cc(C(=O)N3CCC(S(C)(=O)=O)CC3)n(C)c2c1. The quantitative estimate of drug-likeness (QED) is 0.847. The molecule has 1 fully saturated rings. The van der Waals surface area contributed by atoms with Crippen molar-refractivity contribution >= 4 is 26.6 Å². The molecule has 1 saturated heterocycles. The van der Waals surface area contributed by atoms with Gasteiger partial charge in [0.15, 0.2) is 0 Å². The second-order valence-corrected chi connectivity index (χ2v) is 8.66. The lowest BCUT2D eigenvalue weighted by molar-refractivity contribution is 0.0716. The molecule has 1 amide bonds. The Hall–Kier alpha value is -2.02. The van der Waals surface area contributed by atoms with Gasteiger partial charge in [0.1, 0.15) is 21.3 Å². The molecular weight excluding hydrogens is 328 g/mol. The van der Waals surface area contributed by atoms with Gasteiger partial charge in [-0.25, -0.2) is 8.42 Å². The second-order valence-electron chi connectivity index (χ2n) is 6.33. The van der Waals surface area contributed by atoms with Crippen molar-refractivity contribution in [3.63, 3.8) is 0 Å². The number of hydrogen-bond acceptors (Lipinski definition) is 4. The van der Waals surface area contributed by atoms with E-state index in [0.29, 0.717) is 31.6 Å². The summed E-state index contributed by atoms with van der Waals surface area (Å²) in [6.45, 7) is 0.947. The number of aryl methyl sites for hydroxylation is 1. The molecule has 0 spiro atoms. The van der Waals surface area contributed by atoms with Crippen molar-refractivity contribution in [1.29, 1.82) is 0 Å². The van der Waals surface area contributed by atoms with Gasteiger partial charge >= 0.3 is 0 Å². The Balaban J connectivity index is 1.83. The minimum Gasteiger partial charge on any atom is -0.497 e. The molecule has 1 aliphatic rings. The van der Waals surface area contributed by atoms with Gasteiger partial charge in [0.05, 0.1) is 17.9 Å². The summed E-state index contributed by atoms with van der Waals surface area (Å²) >= 11 is 0. The number of nitrogens with zero attached hydrogens (tertiary/aromatic N) is 2. The number of piperidine rings is 1. The van der Waals surface area contributed by atoms with Crippen LogP contribution in [0.1, 0.15) is 23.3 Å². The van der Waals surface area contributed by atoms with Gasteiger partial charge in [0.2, 0.25) is 0 Å². The Morgan fingerprint density at radius 2 is 1.88 bits per heavy atom. The van der Waals surface area contributed by atoms with Crippen molar-refractivity contribution in [3.8, 4) is 5.75 Å². The molecule has 1 aromatic heterocycles. The Morgan fingerprint density at radius 1 is 1.21 bits per heavy atom. The van der Waals surface area contributed by atoms with Crippen LogP contribution in [0.5, 0.6) is 5.75 Å². The number of likely N-dealkylation sites (tertiary alicyclic amines) is 1. The Morgan fingerprint density at radius 3 is 2.46 bits per heavy atom. The molecule has 0 bridgehead atoms. The molecule has 0 radical (unpaired) electrons. The van der Waals surface area contributed by atoms with Gasteiger partial charge in [-0.15, -0.1) is 0 Å². The van der Waals surface area contributed by atoms with Crippen LogP contribution in [0.25, 0.3) is 10.9 Å². The van der Waals surface area contributed by atoms with Crippen molar-refractivity contribution in [3.05, 3.63) is 30.0 Å². The number of fused-ring (bicyclic) bond motifs is 1. The van der Waals surface area contributed by atoms with E-state index < -0.39 is 9.84 Å². The fourth-order valence-electron chi connectivity index (χ4n) is 3.29. The number of carbonyl (C=O) groups is 1. The zero-order chi connectivity index (χ0) is 17.5. The maximum absolute atomic E-state index is 12.8. The Bertz CT molecular complexity index is 877. The van der Waals surface area contributed by atoms with Gasteiger partial charge in [0, 0.05) is 37.8 Å². The summed E-state index contributed by atoms with van der Waals surface area (Å²) in [7, 11) is 0.439. The third-order valence-corrected chi connectivity index (χ3v) is 6.49. The highest BCUT2D eigenvalue weighted by Crippen LogP contribution is 2.26. The van der Waals surface area contributed by atoms with E-state index in [2.05, 4.69) is 0 Å². The fraction of sp³-hybridized carbons (Fsp3) is 0.471. The van der Waals surface area contributed by atoms with Crippen LogP contribution in [-0.4, -0.2) is 55.5 Å². The van der Waals surface area contributed by atoms with Crippen LogP contribution in [0.3, 0.4) is 0 Å². The van der Waals surface area contributed by atoms with E-state index in [-0.39, 0.29) is 11.2 Å². The zero-order valence-electron chi connectivity index (χ0n) is 14.2. The molecule has 0 N–H and O–H groups in total. The molecule has 1 aromatic carbocycles. The van der Waals surface area contributed by atoms with Crippen molar-refractivity contribution in [2.45, 2.75) is 18.1 Å². The van der Waals surface area contributed by atoms with Gasteiger partial charge < -0.3 is 14.2 Å². The molecule has 2 aromatic rings. The zero-order valence-corrected chi connectivity index (χ0v) is 15.0. The van der Waals surface area contributed by atoms with Crippen LogP contribution in [0.15, 0.2) is 24.3 Å². The first kappa shape index (κ1) is 16.8. The van der Waals surface area contributed by atoms with Crippen LogP contribution < -0.4 is 4.74 Å². The van der Waals surface area contributed by atoms with E-state index in [1.165, 1.54) is 6.26 Å². The molecule has 6 nitrogen and oxygen atoms in total. The number of amides is 1. The number of rotatable bonds is 3. The number of carbonyl (C=O) groups excluding carboxylic acids is 1. The fourth-order valence-corrected chi connectivity index (χ4v) is 4.36. The van der Waals surface area contributed by atoms with Crippen molar-refractivity contribution in [2.24, 2.45) is 7.05 Å². The second kappa shape index (κ2) is 6.12. The van der Waals surface area contributed by atoms with E-state index in [1.807, 2.05) is 35.9 Å². The molecule has 1 aliphatic heterocycles. The molecule has 3 rings (SSSR count). The minimum absolute atomic E-state index is 0.0559. The summed E-state index contributed by atoms with van der Waals surface area (Å²) in [5.74, 6) is 0.691. The highest BCUT2D eigenvalue weighted by molar-refractivity contribution is 7.91. The highest BCUT2D eigenvalue weighted by atomic mass is 32.2. The average Bonchev–Trinajstić information content (AvgIpc) is 2.90. The monoisotopic (exact) mass is 350 g/mol. The number of hydrogen-bond donors (Lipinski definition) is 0. The molecule has 2 heterocycles. The first-order valence-corrected chi connectivity index (χ1v) is 9.88. The Kier molecular flexibility index (Phi) is 4.29. The van der Waals surface area contributed by atoms with E-state index in [9.17, 15) is 13.2 Å². The minimum atomic E-state index is -3.03. The van der Waals surface area contributed by atoms with Crippen LogP contribution in [-0.2, 0) is 16.9 Å². The van der Waals surface area contributed by atoms with E-state index in [0.717, 1.165) is 16.7 Å². The lowest BCUT2D eigenvalue weighted by atomic mass is 10.1. The summed E-state index contributed by atoms with van der Waals surface area (Å²) in [6, 6.07) is 7.58. The van der Waals surface area contributed by atoms with Gasteiger partial charge in [-0.05, 0) is 31.0 Å². The van der Waals surface area contributed by atoms with Crippen molar-refractivity contribution in [2.75, 3.05) is 26.5 Å². The van der Waals surface area contributed by atoms with Gasteiger partial charge in [-0.1, -0.05) is 0 Å². The lowest BCUT2D eigenvalue weighted by Crippen LogP contribution is -2.42. The number of methoxy groups -OCH3 is 1. The van der Waals surface area contributed by atoms with Gasteiger partial charge in [-0.2, -0.15) is 0 Å². The molecule has 0 saturated carbocycles. The van der Waals surface area contributed by atoms with E-state index >= 15 is 0 Å². The van der Waals surface area contributed by atoms with Crippen molar-refractivity contribution in [1.82, 2.24) is 9.47 Å². The summed E-state index contributed by atoms with van der Waals surface area (Å²) in [5.41, 5.74) is 1.54. The predicted octanol–water partition coefficient (Wildman–Crippen LogP) is 1.84. The number of sulfone groups is 1. The van der Waals surface area contributed by atoms with Crippen LogP contribution in [0, 0.1) is 0 Å². The third-order valence-electron chi connectivity index (χ3n) is 4.81. The summed E-state index contributed by atoms with van der Waals surface area (Å²) in [5, 5.41) is 0.644. The summed E-state index contributed by atoms with van der Waals surface area (Å²) < 4.78 is 30.4. The van der Waals surface area contributed by atoms with Crippen LogP contribution >= 0.6 is 0 Å². The van der Waals surface area contributed by atoms with Crippen molar-refractivity contribution < 1.29 is 17.9 Å². The molecule has 0 aliphatic carbocycles. The standard InChI is InChI=1S/C17H22N2O4S/c1-18-15-11-13(23-2)5-4-12(15)10-16(18)17(20)19-8-6-14(7-9-19)24(3,21)22/h4-5,10-11,14H,6-9H2,1-3H3. The molecule has 130 valence electrons. The normalized spacial score (nSPS) is 16.5. The summed E-state index contributed by atoms with van der Waals surface area (Å²) in [6.07, 6.45) is 2.27. The topological polar surface area (TPSA) is 68.6 Å². The largest absolute Gasteiger partial charge is 0.497 e. The number of aromatic nitrogens is 1. The first-order chi connectivity index (χ1) is 11.3. The van der Waals surface area contributed by atoms with Gasteiger partial charge in [0.25, 0.3) is 5.91 Å². The van der Waals surface area contributed by atoms with Crippen LogP contribution in [0.2, 0.25) is 0 Å². The smallest absolute Gasteiger partial charge is 0.270 e. The maximum atomic E-state index is 12.8. The third kappa shape index (κ3) is 3.00. The molecule has 0 unspecified atom stereocenters. The summed E-state index contributed by atoms with van der Waals surface area (Å²) in [4.78, 5) is 14.6. The van der Waals surface area contributed by atoms with Gasteiger partial charge in [-0.3, -0.25) is 4.79 Å². The van der Waals surface area contributed by atoms with E-state index in [4.69, 9.17) is 4.74 Å². The van der Waals surface area contributed by atoms with Crippen LogP contribution in [0.4, 0.5) is 0 Å². The Labute approximate surface area is 141 Å². The predicted molar refractivity (Wildman–Crippen MR) is 93.2 cm³/mol. The lowest BCUT2D eigenvalue weighted by Gasteiger charge is -2.31. The first-order valence-electron chi connectivity index (χ1n) is 7.93. The van der Waals surface area contributed by atoms with E-state index in [1.54, 1.807) is 12.0 Å². The molecule has 7 heteroatoms. The molecule has 24 heavy (non-hydrogen) atoms. The maximum Gasteiger partial charge on any atom is 0.270 e. The average molecular weight is 350 g/mol. The number of benzene rings is 1.